The fourth-order valence-corrected chi connectivity index (χ4v) is 5.88. The Hall–Kier alpha value is -2.16. The Kier molecular flexibility index (Phi) is 8.90. The van der Waals surface area contributed by atoms with E-state index in [1.54, 1.807) is 11.8 Å². The Balaban J connectivity index is 1.48. The van der Waals surface area contributed by atoms with E-state index in [1.165, 1.54) is 41.1 Å². The van der Waals surface area contributed by atoms with Crippen molar-refractivity contribution in [1.29, 1.82) is 0 Å². The van der Waals surface area contributed by atoms with Crippen LogP contribution in [0.4, 0.5) is 0 Å². The van der Waals surface area contributed by atoms with Crippen molar-refractivity contribution in [3.63, 3.8) is 0 Å². The normalized spacial score (nSPS) is 12.0. The number of nitrogens with one attached hydrogen (secondary N) is 1. The lowest BCUT2D eigenvalue weighted by atomic mass is 10.0. The smallest absolute Gasteiger partial charge is 0.217 e. The lowest BCUT2D eigenvalue weighted by Crippen LogP contribution is -2.23. The van der Waals surface area contributed by atoms with Crippen molar-refractivity contribution >= 4 is 46.6 Å². The SMILES string of the molecule is CC(=O)NC(C)c1ccc(C(=O)CSc2nnc(SCc3ccc(C(C)C)cc3)s2)cc1. The molecule has 2 aromatic carbocycles. The Bertz CT molecular complexity index is 1050. The van der Waals surface area contributed by atoms with Crippen molar-refractivity contribution in [3.8, 4) is 0 Å². The Labute approximate surface area is 201 Å². The van der Waals surface area contributed by atoms with E-state index in [2.05, 4.69) is 53.6 Å². The lowest BCUT2D eigenvalue weighted by Gasteiger charge is -2.13. The van der Waals surface area contributed by atoms with Gasteiger partial charge in [0.2, 0.25) is 5.91 Å². The molecule has 1 unspecified atom stereocenters. The predicted molar refractivity (Wildman–Crippen MR) is 134 cm³/mol. The molecule has 32 heavy (non-hydrogen) atoms. The van der Waals surface area contributed by atoms with E-state index in [-0.39, 0.29) is 17.7 Å². The lowest BCUT2D eigenvalue weighted by molar-refractivity contribution is -0.119. The van der Waals surface area contributed by atoms with E-state index in [4.69, 9.17) is 0 Å². The molecule has 0 spiro atoms. The summed E-state index contributed by atoms with van der Waals surface area (Å²) < 4.78 is 1.70. The van der Waals surface area contributed by atoms with Crippen molar-refractivity contribution in [2.24, 2.45) is 0 Å². The van der Waals surface area contributed by atoms with Gasteiger partial charge in [-0.15, -0.1) is 10.2 Å². The monoisotopic (exact) mass is 485 g/mol. The first kappa shape index (κ1) is 24.5. The number of carbonyl (C=O) groups excluding carboxylic acids is 2. The van der Waals surface area contributed by atoms with Gasteiger partial charge in [0.05, 0.1) is 11.8 Å². The molecular weight excluding hydrogens is 458 g/mol. The molecular formula is C24H27N3O2S3. The number of ketones is 1. The van der Waals surface area contributed by atoms with E-state index < -0.39 is 0 Å². The van der Waals surface area contributed by atoms with E-state index in [0.717, 1.165) is 20.0 Å². The fourth-order valence-electron chi connectivity index (χ4n) is 3.01. The van der Waals surface area contributed by atoms with Gasteiger partial charge >= 0.3 is 0 Å². The van der Waals surface area contributed by atoms with Gasteiger partial charge in [-0.2, -0.15) is 0 Å². The third-order valence-corrected chi connectivity index (χ3v) is 8.14. The van der Waals surface area contributed by atoms with Crippen LogP contribution in [0.15, 0.2) is 57.2 Å². The highest BCUT2D eigenvalue weighted by Gasteiger charge is 2.12. The molecule has 1 aromatic heterocycles. The number of benzene rings is 2. The molecule has 5 nitrogen and oxygen atoms in total. The van der Waals surface area contributed by atoms with Crippen molar-refractivity contribution in [2.75, 3.05) is 5.75 Å². The van der Waals surface area contributed by atoms with Crippen LogP contribution in [0.5, 0.6) is 0 Å². The average molecular weight is 486 g/mol. The fraction of sp³-hybridized carbons (Fsp3) is 0.333. The van der Waals surface area contributed by atoms with Gasteiger partial charge in [-0.05, 0) is 29.5 Å². The minimum atomic E-state index is -0.0866. The van der Waals surface area contributed by atoms with E-state index in [9.17, 15) is 9.59 Å². The Morgan fingerprint density at radius 1 is 0.906 bits per heavy atom. The van der Waals surface area contributed by atoms with E-state index in [0.29, 0.717) is 17.2 Å². The predicted octanol–water partition coefficient (Wildman–Crippen LogP) is 6.13. The molecule has 1 amide bonds. The maximum Gasteiger partial charge on any atom is 0.217 e. The average Bonchev–Trinajstić information content (AvgIpc) is 3.24. The van der Waals surface area contributed by atoms with Gasteiger partial charge in [-0.1, -0.05) is 97.2 Å². The minimum absolute atomic E-state index is 0.0448. The topological polar surface area (TPSA) is 72.0 Å². The minimum Gasteiger partial charge on any atom is -0.350 e. The highest BCUT2D eigenvalue weighted by molar-refractivity contribution is 8.03. The maximum absolute atomic E-state index is 12.5. The number of Topliss-reactive ketones (excluding diaryl/α,β-unsaturated/α-hetero) is 1. The molecule has 3 rings (SSSR count). The quantitative estimate of drug-likeness (QED) is 0.275. The highest BCUT2D eigenvalue weighted by atomic mass is 32.2. The first-order valence-corrected chi connectivity index (χ1v) is 13.2. The third-order valence-electron chi connectivity index (χ3n) is 4.88. The van der Waals surface area contributed by atoms with Crippen LogP contribution < -0.4 is 5.32 Å². The molecule has 0 radical (unpaired) electrons. The van der Waals surface area contributed by atoms with Gasteiger partial charge in [0.25, 0.3) is 0 Å². The summed E-state index contributed by atoms with van der Waals surface area (Å²) in [4.78, 5) is 23.7. The number of nitrogens with zero attached hydrogens (tertiary/aromatic N) is 2. The van der Waals surface area contributed by atoms with Crippen LogP contribution in [0.1, 0.15) is 66.7 Å². The number of hydrogen-bond acceptors (Lipinski definition) is 7. The standard InChI is InChI=1S/C24H27N3O2S3/c1-15(2)19-7-5-18(6-8-19)13-30-23-26-27-24(32-23)31-14-22(29)21-11-9-20(10-12-21)16(3)25-17(4)28/h5-12,15-16H,13-14H2,1-4H3,(H,25,28). The maximum atomic E-state index is 12.5. The van der Waals surface area contributed by atoms with Crippen LogP contribution in [0.2, 0.25) is 0 Å². The van der Waals surface area contributed by atoms with Crippen LogP contribution in [0.3, 0.4) is 0 Å². The van der Waals surface area contributed by atoms with Crippen LogP contribution in [-0.4, -0.2) is 27.6 Å². The molecule has 168 valence electrons. The number of aromatic nitrogens is 2. The van der Waals surface area contributed by atoms with Crippen molar-refractivity contribution in [3.05, 3.63) is 70.8 Å². The third kappa shape index (κ3) is 7.18. The van der Waals surface area contributed by atoms with Crippen LogP contribution in [0, 0.1) is 0 Å². The van der Waals surface area contributed by atoms with Crippen LogP contribution in [-0.2, 0) is 10.5 Å². The molecule has 0 bridgehead atoms. The Morgan fingerprint density at radius 3 is 2.09 bits per heavy atom. The van der Waals surface area contributed by atoms with Gasteiger partial charge in [-0.3, -0.25) is 9.59 Å². The molecule has 1 atom stereocenters. The van der Waals surface area contributed by atoms with Gasteiger partial charge in [0.1, 0.15) is 0 Å². The summed E-state index contributed by atoms with van der Waals surface area (Å²) in [6, 6.07) is 16.0. The van der Waals surface area contributed by atoms with Crippen molar-refractivity contribution in [2.45, 2.75) is 54.1 Å². The number of rotatable bonds is 10. The Morgan fingerprint density at radius 2 is 1.50 bits per heavy atom. The number of carbonyl (C=O) groups is 2. The molecule has 0 aliphatic carbocycles. The number of amides is 1. The molecule has 1 N–H and O–H groups in total. The molecule has 0 saturated carbocycles. The second-order valence-corrected chi connectivity index (χ2v) is 11.2. The largest absolute Gasteiger partial charge is 0.350 e. The van der Waals surface area contributed by atoms with Gasteiger partial charge in [0, 0.05) is 18.2 Å². The van der Waals surface area contributed by atoms with Gasteiger partial charge in [-0.25, -0.2) is 0 Å². The summed E-state index contributed by atoms with van der Waals surface area (Å²) in [5.41, 5.74) is 4.22. The molecule has 0 aliphatic rings. The summed E-state index contributed by atoms with van der Waals surface area (Å²) in [7, 11) is 0. The second-order valence-electron chi connectivity index (χ2n) is 7.77. The number of thioether (sulfide) groups is 2. The van der Waals surface area contributed by atoms with Crippen molar-refractivity contribution in [1.82, 2.24) is 15.5 Å². The molecule has 0 fully saturated rings. The zero-order chi connectivity index (χ0) is 23.1. The van der Waals surface area contributed by atoms with E-state index >= 15 is 0 Å². The van der Waals surface area contributed by atoms with E-state index in [1.807, 2.05) is 31.2 Å². The van der Waals surface area contributed by atoms with Crippen LogP contribution >= 0.6 is 34.9 Å². The molecule has 0 saturated heterocycles. The second kappa shape index (κ2) is 11.6. The van der Waals surface area contributed by atoms with Crippen LogP contribution in [0.25, 0.3) is 0 Å². The summed E-state index contributed by atoms with van der Waals surface area (Å²) in [5.74, 6) is 1.67. The molecule has 3 aromatic rings. The van der Waals surface area contributed by atoms with Gasteiger partial charge < -0.3 is 5.32 Å². The van der Waals surface area contributed by atoms with Gasteiger partial charge in [0.15, 0.2) is 14.5 Å². The van der Waals surface area contributed by atoms with Crippen molar-refractivity contribution < 1.29 is 9.59 Å². The number of hydrogen-bond donors (Lipinski definition) is 1. The molecule has 1 heterocycles. The summed E-state index contributed by atoms with van der Waals surface area (Å²) in [5, 5.41) is 11.3. The zero-order valence-electron chi connectivity index (χ0n) is 18.6. The molecule has 8 heteroatoms. The first-order valence-electron chi connectivity index (χ1n) is 10.4. The highest BCUT2D eigenvalue weighted by Crippen LogP contribution is 2.31. The zero-order valence-corrected chi connectivity index (χ0v) is 21.1. The summed E-state index contributed by atoms with van der Waals surface area (Å²) in [6.07, 6.45) is 0. The molecule has 0 aliphatic heterocycles. The summed E-state index contributed by atoms with van der Waals surface area (Å²) in [6.45, 7) is 7.80. The first-order chi connectivity index (χ1) is 15.3. The summed E-state index contributed by atoms with van der Waals surface area (Å²) >= 11 is 4.60.